The Bertz CT molecular complexity index is 1570. The SMILES string of the molecule is O=C(c1cc2c(-c3cncc(-c4ccc(N5CCCC5=O)cc4)c3)ccnc2[nH]1)N1CCCC(O)(C2CC2)C1. The molecule has 7 rings (SSSR count). The number of aromatic amines is 1. The Morgan fingerprint density at radius 3 is 2.59 bits per heavy atom. The number of benzene rings is 1. The molecule has 8 nitrogen and oxygen atoms in total. The molecule has 1 saturated carbocycles. The smallest absolute Gasteiger partial charge is 0.270 e. The Hall–Kier alpha value is -4.04. The second-order valence-corrected chi connectivity index (χ2v) is 11.2. The van der Waals surface area contributed by atoms with Crippen LogP contribution in [0.4, 0.5) is 5.69 Å². The lowest BCUT2D eigenvalue weighted by molar-refractivity contribution is -0.117. The van der Waals surface area contributed by atoms with E-state index in [1.165, 1.54) is 0 Å². The van der Waals surface area contributed by atoms with Crippen molar-refractivity contribution in [3.63, 3.8) is 0 Å². The first-order chi connectivity index (χ1) is 19.0. The van der Waals surface area contributed by atoms with Gasteiger partial charge in [-0.15, -0.1) is 0 Å². The highest BCUT2D eigenvalue weighted by atomic mass is 16.3. The second-order valence-electron chi connectivity index (χ2n) is 11.2. The standard InChI is InChI=1S/C31H31N5O3/c37-28-3-1-14-36(28)24-8-4-20(5-9-24)21-15-22(18-32-17-21)25-10-12-33-29-26(25)16-27(34-29)30(38)35-13-2-11-31(39,19-35)23-6-7-23/h4-5,8-10,12,15-18,23,39H,1-3,6-7,11,13-14,19H2,(H,33,34). The number of β-amino-alcohol motifs (C(OH)–C–C–N with tert-alkyl or cyclic N) is 1. The Morgan fingerprint density at radius 1 is 1.00 bits per heavy atom. The van der Waals surface area contributed by atoms with Crippen LogP contribution in [0.1, 0.15) is 49.0 Å². The minimum absolute atomic E-state index is 0.0961. The van der Waals surface area contributed by atoms with Crippen molar-refractivity contribution in [2.75, 3.05) is 24.5 Å². The van der Waals surface area contributed by atoms with Crippen LogP contribution in [0.3, 0.4) is 0 Å². The van der Waals surface area contributed by atoms with Crippen LogP contribution in [-0.4, -0.2) is 62.0 Å². The summed E-state index contributed by atoms with van der Waals surface area (Å²) in [4.78, 5) is 41.4. The summed E-state index contributed by atoms with van der Waals surface area (Å²) in [6, 6.07) is 13.9. The van der Waals surface area contributed by atoms with Crippen molar-refractivity contribution >= 4 is 28.5 Å². The van der Waals surface area contributed by atoms with Gasteiger partial charge in [0, 0.05) is 60.3 Å². The molecular formula is C31H31N5O3. The molecule has 1 aromatic carbocycles. The molecule has 1 aliphatic carbocycles. The first-order valence-electron chi connectivity index (χ1n) is 13.8. The Balaban J connectivity index is 1.17. The van der Waals surface area contributed by atoms with Gasteiger partial charge in [-0.1, -0.05) is 12.1 Å². The van der Waals surface area contributed by atoms with Crippen LogP contribution in [0.15, 0.2) is 61.1 Å². The van der Waals surface area contributed by atoms with Crippen LogP contribution in [0.2, 0.25) is 0 Å². The number of nitrogens with zero attached hydrogens (tertiary/aromatic N) is 4. The van der Waals surface area contributed by atoms with Gasteiger partial charge < -0.3 is 19.9 Å². The number of amides is 2. The number of H-pyrrole nitrogens is 1. The van der Waals surface area contributed by atoms with E-state index in [1.54, 1.807) is 11.1 Å². The number of anilines is 1. The summed E-state index contributed by atoms with van der Waals surface area (Å²) >= 11 is 0. The molecule has 3 fully saturated rings. The van der Waals surface area contributed by atoms with E-state index in [2.05, 4.69) is 21.0 Å². The highest BCUT2D eigenvalue weighted by Gasteiger charge is 2.47. The predicted octanol–water partition coefficient (Wildman–Crippen LogP) is 4.80. The molecule has 2 N–H and O–H groups in total. The summed E-state index contributed by atoms with van der Waals surface area (Å²) in [6.45, 7) is 1.82. The van der Waals surface area contributed by atoms with Crippen molar-refractivity contribution in [3.05, 3.63) is 66.7 Å². The number of rotatable bonds is 5. The molecule has 2 amide bonds. The lowest BCUT2D eigenvalue weighted by Crippen LogP contribution is -2.51. The van der Waals surface area contributed by atoms with Crippen LogP contribution >= 0.6 is 0 Å². The van der Waals surface area contributed by atoms with Crippen LogP contribution in [0.25, 0.3) is 33.3 Å². The molecule has 2 saturated heterocycles. The number of hydrogen-bond donors (Lipinski definition) is 2. The van der Waals surface area contributed by atoms with E-state index < -0.39 is 5.60 Å². The topological polar surface area (TPSA) is 102 Å². The fourth-order valence-electron chi connectivity index (χ4n) is 6.26. The molecule has 198 valence electrons. The zero-order chi connectivity index (χ0) is 26.6. The van der Waals surface area contributed by atoms with Gasteiger partial charge in [-0.3, -0.25) is 14.6 Å². The summed E-state index contributed by atoms with van der Waals surface area (Å²) in [5.41, 5.74) is 5.17. The number of carbonyl (C=O) groups is 2. The summed E-state index contributed by atoms with van der Waals surface area (Å²) in [7, 11) is 0. The molecule has 3 aliphatic rings. The van der Waals surface area contributed by atoms with Gasteiger partial charge in [0.15, 0.2) is 0 Å². The third-order valence-corrected chi connectivity index (χ3v) is 8.52. The number of pyridine rings is 2. The number of hydrogen-bond acceptors (Lipinski definition) is 5. The summed E-state index contributed by atoms with van der Waals surface area (Å²) < 4.78 is 0. The number of carbonyl (C=O) groups excluding carboxylic acids is 2. The molecule has 2 aliphatic heterocycles. The summed E-state index contributed by atoms with van der Waals surface area (Å²) in [6.07, 6.45) is 10.6. The fourth-order valence-corrected chi connectivity index (χ4v) is 6.26. The molecular weight excluding hydrogens is 490 g/mol. The molecule has 4 aromatic rings. The quantitative estimate of drug-likeness (QED) is 0.393. The maximum atomic E-state index is 13.4. The molecule has 8 heteroatoms. The van der Waals surface area contributed by atoms with Crippen molar-refractivity contribution in [1.29, 1.82) is 0 Å². The number of nitrogens with one attached hydrogen (secondary N) is 1. The number of aliphatic hydroxyl groups is 1. The average molecular weight is 522 g/mol. The molecule has 5 heterocycles. The summed E-state index contributed by atoms with van der Waals surface area (Å²) in [5, 5.41) is 11.9. The van der Waals surface area contributed by atoms with Gasteiger partial charge in [0.2, 0.25) is 5.91 Å². The molecule has 1 atom stereocenters. The monoisotopic (exact) mass is 521 g/mol. The number of aromatic nitrogens is 3. The maximum absolute atomic E-state index is 13.4. The van der Waals surface area contributed by atoms with E-state index in [-0.39, 0.29) is 11.8 Å². The van der Waals surface area contributed by atoms with Crippen molar-refractivity contribution in [1.82, 2.24) is 19.9 Å². The van der Waals surface area contributed by atoms with Crippen molar-refractivity contribution in [3.8, 4) is 22.3 Å². The number of likely N-dealkylation sites (tertiary alicyclic amines) is 1. The number of piperidine rings is 1. The van der Waals surface area contributed by atoms with Crippen molar-refractivity contribution in [2.24, 2.45) is 5.92 Å². The molecule has 0 radical (unpaired) electrons. The van der Waals surface area contributed by atoms with E-state index in [0.717, 1.165) is 72.0 Å². The minimum Gasteiger partial charge on any atom is -0.388 e. The van der Waals surface area contributed by atoms with E-state index >= 15 is 0 Å². The van der Waals surface area contributed by atoms with Crippen LogP contribution in [0.5, 0.6) is 0 Å². The largest absolute Gasteiger partial charge is 0.388 e. The lowest BCUT2D eigenvalue weighted by Gasteiger charge is -2.39. The van der Waals surface area contributed by atoms with E-state index in [9.17, 15) is 14.7 Å². The normalized spacial score (nSPS) is 21.6. The zero-order valence-electron chi connectivity index (χ0n) is 21.8. The highest BCUT2D eigenvalue weighted by molar-refractivity contribution is 6.02. The Kier molecular flexibility index (Phi) is 5.74. The van der Waals surface area contributed by atoms with Crippen LogP contribution in [0, 0.1) is 5.92 Å². The molecule has 0 spiro atoms. The zero-order valence-corrected chi connectivity index (χ0v) is 21.8. The first-order valence-corrected chi connectivity index (χ1v) is 13.8. The fraction of sp³-hybridized carbons (Fsp3) is 0.355. The maximum Gasteiger partial charge on any atom is 0.270 e. The van der Waals surface area contributed by atoms with Crippen molar-refractivity contribution < 1.29 is 14.7 Å². The van der Waals surface area contributed by atoms with Crippen LogP contribution < -0.4 is 4.90 Å². The second kappa shape index (κ2) is 9.31. The van der Waals surface area contributed by atoms with Crippen LogP contribution in [-0.2, 0) is 4.79 Å². The van der Waals surface area contributed by atoms with E-state index in [4.69, 9.17) is 0 Å². The highest BCUT2D eigenvalue weighted by Crippen LogP contribution is 2.44. The summed E-state index contributed by atoms with van der Waals surface area (Å²) in [5.74, 6) is 0.403. The van der Waals surface area contributed by atoms with Gasteiger partial charge in [0.05, 0.1) is 12.1 Å². The van der Waals surface area contributed by atoms with Crippen molar-refractivity contribution in [2.45, 2.75) is 44.1 Å². The lowest BCUT2D eigenvalue weighted by atomic mass is 9.88. The molecule has 0 bridgehead atoms. The van der Waals surface area contributed by atoms with E-state index in [0.29, 0.717) is 36.8 Å². The molecule has 1 unspecified atom stereocenters. The third-order valence-electron chi connectivity index (χ3n) is 8.52. The van der Waals surface area contributed by atoms with Gasteiger partial charge in [0.1, 0.15) is 11.3 Å². The van der Waals surface area contributed by atoms with Gasteiger partial charge in [-0.25, -0.2) is 4.98 Å². The number of fused-ring (bicyclic) bond motifs is 1. The van der Waals surface area contributed by atoms with E-state index in [1.807, 2.05) is 53.7 Å². The first kappa shape index (κ1) is 24.0. The Morgan fingerprint density at radius 2 is 1.82 bits per heavy atom. The average Bonchev–Trinajstić information content (AvgIpc) is 3.61. The molecule has 39 heavy (non-hydrogen) atoms. The van der Waals surface area contributed by atoms with Gasteiger partial charge in [0.25, 0.3) is 5.91 Å². The molecule has 3 aromatic heterocycles. The van der Waals surface area contributed by atoms with Gasteiger partial charge >= 0.3 is 0 Å². The minimum atomic E-state index is -0.752. The Labute approximate surface area is 226 Å². The predicted molar refractivity (Wildman–Crippen MR) is 149 cm³/mol. The third kappa shape index (κ3) is 4.38. The van der Waals surface area contributed by atoms with Gasteiger partial charge in [-0.2, -0.15) is 0 Å². The van der Waals surface area contributed by atoms with Gasteiger partial charge in [-0.05, 0) is 79.5 Å².